The van der Waals surface area contributed by atoms with E-state index in [1.165, 1.54) is 0 Å². The van der Waals surface area contributed by atoms with Crippen LogP contribution in [0.5, 0.6) is 5.75 Å². The van der Waals surface area contributed by atoms with E-state index in [9.17, 15) is 19.5 Å². The van der Waals surface area contributed by atoms with Crippen molar-refractivity contribution in [1.82, 2.24) is 15.1 Å². The maximum Gasteiger partial charge on any atom is 0.318 e. The maximum atomic E-state index is 13.7. The van der Waals surface area contributed by atoms with E-state index < -0.39 is 0 Å². The Hall–Kier alpha value is -3.30. The van der Waals surface area contributed by atoms with E-state index in [4.69, 9.17) is 16.3 Å². The van der Waals surface area contributed by atoms with Crippen molar-refractivity contribution in [2.45, 2.75) is 45.4 Å². The quantitative estimate of drug-likeness (QED) is 0.620. The fraction of sp³-hybridized carbons (Fsp3) is 0.444. The minimum atomic E-state index is -0.375. The van der Waals surface area contributed by atoms with Crippen LogP contribution in [-0.4, -0.2) is 77.7 Å². The second kappa shape index (κ2) is 11.8. The summed E-state index contributed by atoms with van der Waals surface area (Å²) < 4.78 is 5.49. The molecule has 2 aromatic carbocycles. The van der Waals surface area contributed by atoms with E-state index in [0.29, 0.717) is 54.6 Å². The van der Waals surface area contributed by atoms with Crippen molar-refractivity contribution in [3.63, 3.8) is 0 Å². The van der Waals surface area contributed by atoms with Crippen molar-refractivity contribution in [2.75, 3.05) is 37.7 Å². The Labute approximate surface area is 221 Å². The maximum absolute atomic E-state index is 13.7. The summed E-state index contributed by atoms with van der Waals surface area (Å²) in [5.74, 6) is 0.147. The summed E-state index contributed by atoms with van der Waals surface area (Å²) in [7, 11) is 0. The van der Waals surface area contributed by atoms with Gasteiger partial charge in [-0.05, 0) is 56.5 Å². The first-order valence-corrected chi connectivity index (χ1v) is 13.0. The van der Waals surface area contributed by atoms with Gasteiger partial charge in [-0.25, -0.2) is 4.79 Å². The summed E-state index contributed by atoms with van der Waals surface area (Å²) in [6.07, 6.45) is 0.712. The first kappa shape index (κ1) is 26.8. The zero-order valence-corrected chi connectivity index (χ0v) is 21.9. The summed E-state index contributed by atoms with van der Waals surface area (Å²) in [6, 6.07) is 11.8. The SMILES string of the molecule is CCOc1ccc(C(=O)N2C[C@@H](C)N(C(=O)NCC(=O)N3CCC(O)CC3)Cc3ccccc32)c(Cl)c1. The van der Waals surface area contributed by atoms with Gasteiger partial charge in [-0.2, -0.15) is 0 Å². The van der Waals surface area contributed by atoms with Crippen LogP contribution in [0.25, 0.3) is 0 Å². The minimum Gasteiger partial charge on any atom is -0.494 e. The van der Waals surface area contributed by atoms with Gasteiger partial charge in [-0.1, -0.05) is 29.8 Å². The molecule has 1 fully saturated rings. The molecule has 0 aliphatic carbocycles. The van der Waals surface area contributed by atoms with Gasteiger partial charge in [0.2, 0.25) is 5.91 Å². The van der Waals surface area contributed by atoms with Gasteiger partial charge in [0.05, 0.1) is 29.8 Å². The third-order valence-electron chi connectivity index (χ3n) is 6.80. The number of hydrogen-bond donors (Lipinski definition) is 2. The number of hydrogen-bond acceptors (Lipinski definition) is 5. The Kier molecular flexibility index (Phi) is 8.56. The number of nitrogens with one attached hydrogen (secondary N) is 1. The van der Waals surface area contributed by atoms with Gasteiger partial charge in [0.25, 0.3) is 5.91 Å². The van der Waals surface area contributed by atoms with E-state index in [0.717, 1.165) is 5.56 Å². The number of urea groups is 1. The standard InChI is InChI=1S/C27H33ClN4O5/c1-3-37-21-8-9-22(23(28)14-21)26(35)32-16-18(2)31(17-19-6-4-5-7-24(19)32)27(36)29-15-25(34)30-12-10-20(33)11-13-30/h4-9,14,18,20,33H,3,10-13,15-17H2,1-2H3,(H,29,36)/t18-/m1/s1. The highest BCUT2D eigenvalue weighted by atomic mass is 35.5. The van der Waals surface area contributed by atoms with E-state index in [1.807, 2.05) is 38.1 Å². The first-order chi connectivity index (χ1) is 17.8. The molecule has 1 atom stereocenters. The van der Waals surface area contributed by atoms with Crippen LogP contribution >= 0.6 is 11.6 Å². The van der Waals surface area contributed by atoms with Gasteiger partial charge in [0, 0.05) is 37.9 Å². The molecule has 198 valence electrons. The van der Waals surface area contributed by atoms with Crippen LogP contribution in [0.1, 0.15) is 42.6 Å². The van der Waals surface area contributed by atoms with Crippen LogP contribution < -0.4 is 15.0 Å². The molecule has 0 radical (unpaired) electrons. The monoisotopic (exact) mass is 528 g/mol. The lowest BCUT2D eigenvalue weighted by molar-refractivity contribution is -0.132. The van der Waals surface area contributed by atoms with Crippen molar-refractivity contribution >= 4 is 35.1 Å². The molecule has 2 aliphatic rings. The largest absolute Gasteiger partial charge is 0.494 e. The molecule has 1 saturated heterocycles. The number of benzene rings is 2. The van der Waals surface area contributed by atoms with Crippen LogP contribution in [0.3, 0.4) is 0 Å². The zero-order chi connectivity index (χ0) is 26.5. The lowest BCUT2D eigenvalue weighted by atomic mass is 10.1. The van der Waals surface area contributed by atoms with Crippen molar-refractivity contribution in [2.24, 2.45) is 0 Å². The number of aliphatic hydroxyl groups excluding tert-OH is 1. The normalized spacial score (nSPS) is 18.2. The summed E-state index contributed by atoms with van der Waals surface area (Å²) in [6.45, 7) is 5.62. The third-order valence-corrected chi connectivity index (χ3v) is 7.11. The van der Waals surface area contributed by atoms with Crippen LogP contribution in [0.15, 0.2) is 42.5 Å². The molecule has 0 unspecified atom stereocenters. The van der Waals surface area contributed by atoms with Gasteiger partial charge < -0.3 is 29.9 Å². The first-order valence-electron chi connectivity index (χ1n) is 12.6. The molecule has 4 rings (SSSR count). The number of halogens is 1. The topological polar surface area (TPSA) is 102 Å². The molecule has 9 nitrogen and oxygen atoms in total. The molecule has 0 aromatic heterocycles. The van der Waals surface area contributed by atoms with Crippen molar-refractivity contribution in [3.8, 4) is 5.75 Å². The van der Waals surface area contributed by atoms with Gasteiger partial charge in [-0.3, -0.25) is 9.59 Å². The van der Waals surface area contributed by atoms with Crippen LogP contribution in [0.2, 0.25) is 5.02 Å². The molecular weight excluding hydrogens is 496 g/mol. The Balaban J connectivity index is 1.49. The third kappa shape index (κ3) is 6.17. The summed E-state index contributed by atoms with van der Waals surface area (Å²) in [5, 5.41) is 12.7. The lowest BCUT2D eigenvalue weighted by Crippen LogP contribution is -2.51. The molecule has 2 heterocycles. The number of likely N-dealkylation sites (tertiary alicyclic amines) is 1. The van der Waals surface area contributed by atoms with Gasteiger partial charge in [-0.15, -0.1) is 0 Å². The average Bonchev–Trinajstić information content (AvgIpc) is 3.04. The fourth-order valence-corrected chi connectivity index (χ4v) is 4.97. The molecule has 10 heteroatoms. The zero-order valence-electron chi connectivity index (χ0n) is 21.2. The van der Waals surface area contributed by atoms with Gasteiger partial charge >= 0.3 is 6.03 Å². The molecule has 2 N–H and O–H groups in total. The molecule has 0 spiro atoms. The van der Waals surface area contributed by atoms with E-state index in [1.54, 1.807) is 32.9 Å². The van der Waals surface area contributed by atoms with E-state index in [-0.39, 0.29) is 49.6 Å². The summed E-state index contributed by atoms with van der Waals surface area (Å²) >= 11 is 6.45. The number of amides is 4. The number of ether oxygens (including phenoxy) is 1. The Morgan fingerprint density at radius 3 is 2.57 bits per heavy atom. The Morgan fingerprint density at radius 2 is 1.86 bits per heavy atom. The number of anilines is 1. The Bertz CT molecular complexity index is 1150. The molecule has 2 aliphatic heterocycles. The molecule has 37 heavy (non-hydrogen) atoms. The summed E-state index contributed by atoms with van der Waals surface area (Å²) in [4.78, 5) is 44.4. The highest BCUT2D eigenvalue weighted by Crippen LogP contribution is 2.31. The second-order valence-electron chi connectivity index (χ2n) is 9.37. The number of nitrogens with zero attached hydrogens (tertiary/aromatic N) is 3. The van der Waals surface area contributed by atoms with Crippen LogP contribution in [-0.2, 0) is 11.3 Å². The predicted octanol–water partition coefficient (Wildman–Crippen LogP) is 3.28. The highest BCUT2D eigenvalue weighted by Gasteiger charge is 2.32. The van der Waals surface area contributed by atoms with E-state index in [2.05, 4.69) is 5.32 Å². The second-order valence-corrected chi connectivity index (χ2v) is 9.77. The number of fused-ring (bicyclic) bond motifs is 1. The predicted molar refractivity (Wildman–Crippen MR) is 141 cm³/mol. The minimum absolute atomic E-state index is 0.121. The molecular formula is C27H33ClN4O5. The van der Waals surface area contributed by atoms with Gasteiger partial charge in [0.1, 0.15) is 5.75 Å². The Morgan fingerprint density at radius 1 is 1.14 bits per heavy atom. The molecule has 0 bridgehead atoms. The van der Waals surface area contributed by atoms with E-state index >= 15 is 0 Å². The number of para-hydroxylation sites is 1. The number of carbonyl (C=O) groups excluding carboxylic acids is 3. The number of piperidine rings is 1. The number of carbonyl (C=O) groups is 3. The lowest BCUT2D eigenvalue weighted by Gasteiger charge is -2.31. The number of aliphatic hydroxyl groups is 1. The molecule has 0 saturated carbocycles. The molecule has 2 aromatic rings. The molecule has 4 amide bonds. The van der Waals surface area contributed by atoms with Gasteiger partial charge in [0.15, 0.2) is 0 Å². The summed E-state index contributed by atoms with van der Waals surface area (Å²) in [5.41, 5.74) is 1.87. The fourth-order valence-electron chi connectivity index (χ4n) is 4.72. The highest BCUT2D eigenvalue weighted by molar-refractivity contribution is 6.34. The van der Waals surface area contributed by atoms with Crippen molar-refractivity contribution < 1.29 is 24.2 Å². The van der Waals surface area contributed by atoms with Crippen molar-refractivity contribution in [3.05, 3.63) is 58.6 Å². The van der Waals surface area contributed by atoms with Crippen LogP contribution in [0.4, 0.5) is 10.5 Å². The average molecular weight is 529 g/mol. The van der Waals surface area contributed by atoms with Crippen LogP contribution in [0, 0.1) is 0 Å². The smallest absolute Gasteiger partial charge is 0.318 e. The van der Waals surface area contributed by atoms with Crippen molar-refractivity contribution in [1.29, 1.82) is 0 Å². The number of rotatable bonds is 5.